The second kappa shape index (κ2) is 8.67. The van der Waals surface area contributed by atoms with E-state index < -0.39 is 0 Å². The van der Waals surface area contributed by atoms with Crippen molar-refractivity contribution in [2.24, 2.45) is 5.73 Å². The topological polar surface area (TPSA) is 48.1 Å². The molecule has 1 rings (SSSR count). The molecular formula is C12H22N2OS. The minimum absolute atomic E-state index is 0.529. The Bertz CT molecular complexity index is 276. The maximum absolute atomic E-state index is 5.56. The predicted octanol–water partition coefficient (Wildman–Crippen LogP) is 3.09. The molecule has 0 atom stereocenters. The van der Waals surface area contributed by atoms with Crippen molar-refractivity contribution in [3.05, 3.63) is 16.1 Å². The van der Waals surface area contributed by atoms with Gasteiger partial charge in [0, 0.05) is 18.5 Å². The van der Waals surface area contributed by atoms with Crippen LogP contribution in [0.5, 0.6) is 0 Å². The standard InChI is InChI=1S/C12H22N2OS/c1-2-3-4-5-6-7-15-9-11-10-16-12(8-13)14-11/h10H,2-9,13H2,1H3. The second-order valence-corrected chi connectivity index (χ2v) is 4.85. The van der Waals surface area contributed by atoms with Crippen LogP contribution in [0, 0.1) is 0 Å². The summed E-state index contributed by atoms with van der Waals surface area (Å²) in [6.07, 6.45) is 6.40. The summed E-state index contributed by atoms with van der Waals surface area (Å²) in [5, 5.41) is 3.01. The van der Waals surface area contributed by atoms with Crippen molar-refractivity contribution < 1.29 is 4.74 Å². The maximum Gasteiger partial charge on any atom is 0.107 e. The zero-order valence-corrected chi connectivity index (χ0v) is 10.9. The zero-order chi connectivity index (χ0) is 11.6. The van der Waals surface area contributed by atoms with E-state index in [9.17, 15) is 0 Å². The Morgan fingerprint density at radius 2 is 2.12 bits per heavy atom. The van der Waals surface area contributed by atoms with Crippen LogP contribution in [0.3, 0.4) is 0 Å². The van der Waals surface area contributed by atoms with Gasteiger partial charge in [0.1, 0.15) is 5.01 Å². The number of rotatable bonds is 9. The molecule has 0 aliphatic carbocycles. The average molecular weight is 242 g/mol. The number of thiazole rings is 1. The molecule has 1 heterocycles. The Hall–Kier alpha value is -0.450. The average Bonchev–Trinajstić information content (AvgIpc) is 2.76. The SMILES string of the molecule is CCCCCCCOCc1csc(CN)n1. The van der Waals surface area contributed by atoms with Crippen LogP contribution in [0.4, 0.5) is 0 Å². The first-order valence-corrected chi connectivity index (χ1v) is 6.96. The summed E-state index contributed by atoms with van der Waals surface area (Å²) in [5.74, 6) is 0. The number of hydrogen-bond donors (Lipinski definition) is 1. The quantitative estimate of drug-likeness (QED) is 0.677. The Morgan fingerprint density at radius 3 is 2.81 bits per heavy atom. The van der Waals surface area contributed by atoms with Gasteiger partial charge in [-0.15, -0.1) is 11.3 Å². The van der Waals surface area contributed by atoms with Crippen LogP contribution in [-0.4, -0.2) is 11.6 Å². The third kappa shape index (κ3) is 5.58. The fourth-order valence-corrected chi connectivity index (χ4v) is 2.15. The minimum Gasteiger partial charge on any atom is -0.375 e. The van der Waals surface area contributed by atoms with E-state index >= 15 is 0 Å². The van der Waals surface area contributed by atoms with Gasteiger partial charge >= 0.3 is 0 Å². The lowest BCUT2D eigenvalue weighted by Crippen LogP contribution is -1.98. The minimum atomic E-state index is 0.529. The van der Waals surface area contributed by atoms with Crippen molar-refractivity contribution in [1.29, 1.82) is 0 Å². The molecule has 92 valence electrons. The van der Waals surface area contributed by atoms with Crippen molar-refractivity contribution >= 4 is 11.3 Å². The molecule has 0 saturated heterocycles. The molecule has 16 heavy (non-hydrogen) atoms. The van der Waals surface area contributed by atoms with Crippen molar-refractivity contribution in [3.63, 3.8) is 0 Å². The molecule has 0 unspecified atom stereocenters. The molecule has 0 bridgehead atoms. The van der Waals surface area contributed by atoms with Gasteiger partial charge in [0.15, 0.2) is 0 Å². The highest BCUT2D eigenvalue weighted by atomic mass is 32.1. The van der Waals surface area contributed by atoms with Gasteiger partial charge in [0.05, 0.1) is 12.3 Å². The highest BCUT2D eigenvalue weighted by molar-refractivity contribution is 7.09. The van der Waals surface area contributed by atoms with Gasteiger partial charge in [-0.05, 0) is 6.42 Å². The molecule has 0 aromatic carbocycles. The summed E-state index contributed by atoms with van der Waals surface area (Å²) in [7, 11) is 0. The molecule has 0 spiro atoms. The molecule has 0 saturated carbocycles. The lowest BCUT2D eigenvalue weighted by atomic mass is 10.2. The van der Waals surface area contributed by atoms with Gasteiger partial charge in [-0.3, -0.25) is 0 Å². The van der Waals surface area contributed by atoms with Gasteiger partial charge in [0.25, 0.3) is 0 Å². The molecule has 0 fully saturated rings. The number of nitrogens with zero attached hydrogens (tertiary/aromatic N) is 1. The van der Waals surface area contributed by atoms with Crippen LogP contribution in [0.15, 0.2) is 5.38 Å². The summed E-state index contributed by atoms with van der Waals surface area (Å²) >= 11 is 1.61. The summed E-state index contributed by atoms with van der Waals surface area (Å²) < 4.78 is 5.56. The first-order chi connectivity index (χ1) is 7.86. The summed E-state index contributed by atoms with van der Waals surface area (Å²) in [6, 6.07) is 0. The van der Waals surface area contributed by atoms with Crippen molar-refractivity contribution in [1.82, 2.24) is 4.98 Å². The first-order valence-electron chi connectivity index (χ1n) is 6.08. The van der Waals surface area contributed by atoms with Crippen LogP contribution in [0.1, 0.15) is 49.7 Å². The Balaban J connectivity index is 1.98. The molecule has 1 aromatic heterocycles. The first kappa shape index (κ1) is 13.6. The van der Waals surface area contributed by atoms with E-state index in [2.05, 4.69) is 11.9 Å². The van der Waals surface area contributed by atoms with Gasteiger partial charge in [-0.1, -0.05) is 32.6 Å². The Morgan fingerprint density at radius 1 is 1.31 bits per heavy atom. The smallest absolute Gasteiger partial charge is 0.107 e. The Kier molecular flexibility index (Phi) is 7.38. The normalized spacial score (nSPS) is 10.9. The third-order valence-corrected chi connectivity index (χ3v) is 3.34. The number of nitrogens with two attached hydrogens (primary N) is 1. The number of unbranched alkanes of at least 4 members (excludes halogenated alkanes) is 4. The summed E-state index contributed by atoms with van der Waals surface area (Å²) in [6.45, 7) is 4.24. The molecule has 4 heteroatoms. The fraction of sp³-hybridized carbons (Fsp3) is 0.750. The van der Waals surface area contributed by atoms with Crippen LogP contribution < -0.4 is 5.73 Å². The molecule has 3 nitrogen and oxygen atoms in total. The summed E-state index contributed by atoms with van der Waals surface area (Å²) in [4.78, 5) is 4.34. The number of ether oxygens (including phenoxy) is 1. The van der Waals surface area contributed by atoms with Gasteiger partial charge in [-0.2, -0.15) is 0 Å². The summed E-state index contributed by atoms with van der Waals surface area (Å²) in [5.41, 5.74) is 6.51. The molecule has 0 amide bonds. The highest BCUT2D eigenvalue weighted by Crippen LogP contribution is 2.10. The molecular weight excluding hydrogens is 220 g/mol. The second-order valence-electron chi connectivity index (χ2n) is 3.90. The van der Waals surface area contributed by atoms with Crippen molar-refractivity contribution in [2.45, 2.75) is 52.2 Å². The lowest BCUT2D eigenvalue weighted by molar-refractivity contribution is 0.114. The zero-order valence-electron chi connectivity index (χ0n) is 10.1. The van der Waals surface area contributed by atoms with E-state index in [1.54, 1.807) is 11.3 Å². The molecule has 0 aliphatic heterocycles. The molecule has 0 aliphatic rings. The molecule has 0 radical (unpaired) electrons. The van der Waals surface area contributed by atoms with E-state index in [0.717, 1.165) is 23.7 Å². The van der Waals surface area contributed by atoms with E-state index in [1.165, 1.54) is 25.7 Å². The number of aromatic nitrogens is 1. The Labute approximate surface area is 102 Å². The van der Waals surface area contributed by atoms with E-state index in [0.29, 0.717) is 13.2 Å². The molecule has 2 N–H and O–H groups in total. The van der Waals surface area contributed by atoms with E-state index in [-0.39, 0.29) is 0 Å². The van der Waals surface area contributed by atoms with Crippen molar-refractivity contribution in [2.75, 3.05) is 6.61 Å². The predicted molar refractivity (Wildman–Crippen MR) is 68.4 cm³/mol. The van der Waals surface area contributed by atoms with Gasteiger partial charge in [0.2, 0.25) is 0 Å². The van der Waals surface area contributed by atoms with E-state index in [4.69, 9.17) is 10.5 Å². The fourth-order valence-electron chi connectivity index (χ4n) is 1.49. The maximum atomic E-state index is 5.56. The third-order valence-electron chi connectivity index (χ3n) is 2.42. The number of hydrogen-bond acceptors (Lipinski definition) is 4. The monoisotopic (exact) mass is 242 g/mol. The largest absolute Gasteiger partial charge is 0.375 e. The lowest BCUT2D eigenvalue weighted by Gasteiger charge is -2.01. The van der Waals surface area contributed by atoms with Crippen LogP contribution >= 0.6 is 11.3 Å². The molecule has 1 aromatic rings. The van der Waals surface area contributed by atoms with Crippen LogP contribution in [0.25, 0.3) is 0 Å². The van der Waals surface area contributed by atoms with Gasteiger partial charge in [-0.25, -0.2) is 4.98 Å². The van der Waals surface area contributed by atoms with Crippen molar-refractivity contribution in [3.8, 4) is 0 Å². The highest BCUT2D eigenvalue weighted by Gasteiger charge is 1.99. The van der Waals surface area contributed by atoms with Crippen LogP contribution in [0.2, 0.25) is 0 Å². The van der Waals surface area contributed by atoms with E-state index in [1.807, 2.05) is 5.38 Å². The van der Waals surface area contributed by atoms with Gasteiger partial charge < -0.3 is 10.5 Å². The van der Waals surface area contributed by atoms with Crippen LogP contribution in [-0.2, 0) is 17.9 Å².